The molecule has 5 heteroatoms. The maximum Gasteiger partial charge on any atom is 0.0570 e. The Morgan fingerprint density at radius 3 is 1.67 bits per heavy atom. The zero-order valence-corrected chi connectivity index (χ0v) is 5.22. The van der Waals surface area contributed by atoms with E-state index in [2.05, 4.69) is 16.4 Å². The van der Waals surface area contributed by atoms with Crippen LogP contribution in [0, 0.1) is 0 Å². The second-order valence-corrected chi connectivity index (χ2v) is 1.43. The van der Waals surface area contributed by atoms with Crippen LogP contribution < -0.4 is 16.4 Å². The molecule has 0 aliphatic carbocycles. The van der Waals surface area contributed by atoms with Crippen LogP contribution in [0.15, 0.2) is 0 Å². The van der Waals surface area contributed by atoms with Crippen LogP contribution in [0.2, 0.25) is 0 Å². The molecule has 0 heterocycles. The normalized spacial score (nSPS) is 10.0. The molecule has 56 valence electrons. The van der Waals surface area contributed by atoms with Crippen LogP contribution in [-0.2, 0) is 0 Å². The van der Waals surface area contributed by atoms with Crippen molar-refractivity contribution in [2.24, 2.45) is 0 Å². The van der Waals surface area contributed by atoms with Crippen LogP contribution >= 0.6 is 0 Å². The van der Waals surface area contributed by atoms with Gasteiger partial charge in [-0.25, -0.2) is 10.9 Å². The first kappa shape index (κ1) is 8.80. The lowest BCUT2D eigenvalue weighted by molar-refractivity contribution is 0.256. The molecule has 0 aliphatic heterocycles. The molecule has 0 fully saturated rings. The summed E-state index contributed by atoms with van der Waals surface area (Å²) in [4.78, 5) is 0. The van der Waals surface area contributed by atoms with E-state index in [9.17, 15) is 0 Å². The fraction of sp³-hybridized carbons (Fsp3) is 1.00. The lowest BCUT2D eigenvalue weighted by Gasteiger charge is -2.04. The van der Waals surface area contributed by atoms with Gasteiger partial charge in [0.2, 0.25) is 0 Å². The van der Waals surface area contributed by atoms with Gasteiger partial charge in [0.25, 0.3) is 0 Å². The Morgan fingerprint density at radius 1 is 0.889 bits per heavy atom. The van der Waals surface area contributed by atoms with Crippen LogP contribution in [0.25, 0.3) is 0 Å². The van der Waals surface area contributed by atoms with Gasteiger partial charge >= 0.3 is 0 Å². The second kappa shape index (κ2) is 7.80. The number of aliphatic hydroxyl groups excluding tert-OH is 2. The third-order valence-electron chi connectivity index (χ3n) is 0.650. The standard InChI is InChI=1S/C4H13N3O2/c8-3-1-5-7-6-2-4-9/h5-9H,1-4H2. The van der Waals surface area contributed by atoms with Crippen molar-refractivity contribution in [3.8, 4) is 0 Å². The minimum atomic E-state index is 0.0911. The fourth-order valence-corrected chi connectivity index (χ4v) is 0.299. The van der Waals surface area contributed by atoms with Crippen molar-refractivity contribution >= 4 is 0 Å². The summed E-state index contributed by atoms with van der Waals surface area (Å²) in [7, 11) is 0. The van der Waals surface area contributed by atoms with E-state index < -0.39 is 0 Å². The maximum absolute atomic E-state index is 8.24. The second-order valence-electron chi connectivity index (χ2n) is 1.43. The van der Waals surface area contributed by atoms with Crippen LogP contribution in [0.5, 0.6) is 0 Å². The Hall–Kier alpha value is -0.200. The van der Waals surface area contributed by atoms with Crippen molar-refractivity contribution in [3.05, 3.63) is 0 Å². The fourth-order valence-electron chi connectivity index (χ4n) is 0.299. The van der Waals surface area contributed by atoms with Crippen LogP contribution in [-0.4, -0.2) is 36.5 Å². The summed E-state index contributed by atoms with van der Waals surface area (Å²) in [6.07, 6.45) is 0. The summed E-state index contributed by atoms with van der Waals surface area (Å²) >= 11 is 0. The number of hydrazine groups is 2. The first-order valence-electron chi connectivity index (χ1n) is 2.84. The number of rotatable bonds is 6. The molecule has 0 aromatic rings. The van der Waals surface area contributed by atoms with Crippen molar-refractivity contribution in [2.45, 2.75) is 0 Å². The molecule has 5 nitrogen and oxygen atoms in total. The highest BCUT2D eigenvalue weighted by atomic mass is 16.3. The molecule has 0 atom stereocenters. The summed E-state index contributed by atoms with van der Waals surface area (Å²) in [5.41, 5.74) is 7.86. The van der Waals surface area contributed by atoms with Gasteiger partial charge in [-0.05, 0) is 0 Å². The molecule has 0 amide bonds. The molecule has 0 aromatic heterocycles. The van der Waals surface area contributed by atoms with Gasteiger partial charge in [0.15, 0.2) is 0 Å². The highest BCUT2D eigenvalue weighted by Crippen LogP contribution is 1.48. The summed E-state index contributed by atoms with van der Waals surface area (Å²) in [6, 6.07) is 0. The van der Waals surface area contributed by atoms with E-state index in [1.807, 2.05) is 0 Å². The number of nitrogens with one attached hydrogen (secondary N) is 3. The average molecular weight is 135 g/mol. The van der Waals surface area contributed by atoms with E-state index in [0.29, 0.717) is 13.1 Å². The summed E-state index contributed by atoms with van der Waals surface area (Å²) in [6.45, 7) is 1.15. The van der Waals surface area contributed by atoms with E-state index in [1.54, 1.807) is 0 Å². The highest BCUT2D eigenvalue weighted by Gasteiger charge is 1.80. The van der Waals surface area contributed by atoms with Gasteiger partial charge in [0.05, 0.1) is 13.2 Å². The monoisotopic (exact) mass is 135 g/mol. The molecule has 0 bridgehead atoms. The van der Waals surface area contributed by atoms with Crippen LogP contribution in [0.1, 0.15) is 0 Å². The van der Waals surface area contributed by atoms with Crippen molar-refractivity contribution < 1.29 is 10.2 Å². The van der Waals surface area contributed by atoms with Gasteiger partial charge in [-0.3, -0.25) is 0 Å². The number of hydrogen-bond acceptors (Lipinski definition) is 5. The molecule has 0 saturated carbocycles. The molecular formula is C4H13N3O2. The molecule has 0 aliphatic rings. The van der Waals surface area contributed by atoms with Crippen LogP contribution in [0.3, 0.4) is 0 Å². The smallest absolute Gasteiger partial charge is 0.0570 e. The van der Waals surface area contributed by atoms with Crippen molar-refractivity contribution in [1.82, 2.24) is 16.4 Å². The molecule has 0 radical (unpaired) electrons. The van der Waals surface area contributed by atoms with Gasteiger partial charge in [0.1, 0.15) is 0 Å². The molecule has 9 heavy (non-hydrogen) atoms. The molecular weight excluding hydrogens is 122 g/mol. The first-order valence-corrected chi connectivity index (χ1v) is 2.84. The van der Waals surface area contributed by atoms with Gasteiger partial charge < -0.3 is 10.2 Å². The number of aliphatic hydroxyl groups is 2. The molecule has 0 rings (SSSR count). The van der Waals surface area contributed by atoms with E-state index in [-0.39, 0.29) is 13.2 Å². The average Bonchev–Trinajstić information content (AvgIpc) is 1.89. The quantitative estimate of drug-likeness (QED) is 0.207. The summed E-state index contributed by atoms with van der Waals surface area (Å²) < 4.78 is 0. The van der Waals surface area contributed by atoms with Crippen molar-refractivity contribution in [3.63, 3.8) is 0 Å². The first-order chi connectivity index (χ1) is 4.41. The van der Waals surface area contributed by atoms with E-state index >= 15 is 0 Å². The predicted molar refractivity (Wildman–Crippen MR) is 33.3 cm³/mol. The van der Waals surface area contributed by atoms with E-state index in [4.69, 9.17) is 10.2 Å². The van der Waals surface area contributed by atoms with Crippen molar-refractivity contribution in [2.75, 3.05) is 26.3 Å². The SMILES string of the molecule is OCCNNNCCO. The third kappa shape index (κ3) is 7.80. The zero-order valence-electron chi connectivity index (χ0n) is 5.22. The maximum atomic E-state index is 8.24. The van der Waals surface area contributed by atoms with Gasteiger partial charge in [-0.1, -0.05) is 0 Å². The predicted octanol–water partition coefficient (Wildman–Crippen LogP) is -2.43. The van der Waals surface area contributed by atoms with E-state index in [0.717, 1.165) is 0 Å². The minimum Gasteiger partial charge on any atom is -0.395 e. The van der Waals surface area contributed by atoms with Gasteiger partial charge in [-0.15, -0.1) is 0 Å². The third-order valence-corrected chi connectivity index (χ3v) is 0.650. The molecule has 0 saturated heterocycles. The Balaban J connectivity index is 2.60. The molecule has 0 spiro atoms. The largest absolute Gasteiger partial charge is 0.395 e. The van der Waals surface area contributed by atoms with Gasteiger partial charge in [0, 0.05) is 13.1 Å². The van der Waals surface area contributed by atoms with E-state index in [1.165, 1.54) is 0 Å². The Morgan fingerprint density at radius 2 is 1.33 bits per heavy atom. The highest BCUT2D eigenvalue weighted by molar-refractivity contribution is 4.34. The number of hydrogen-bond donors (Lipinski definition) is 5. The summed E-state index contributed by atoms with van der Waals surface area (Å²) in [5, 5.41) is 16.5. The Kier molecular flexibility index (Phi) is 7.63. The zero-order chi connectivity index (χ0) is 6.95. The lowest BCUT2D eigenvalue weighted by atomic mass is 10.7. The molecule has 0 unspecified atom stereocenters. The Bertz CT molecular complexity index is 47.1. The van der Waals surface area contributed by atoms with Crippen molar-refractivity contribution in [1.29, 1.82) is 0 Å². The van der Waals surface area contributed by atoms with Gasteiger partial charge in [-0.2, -0.15) is 5.53 Å². The minimum absolute atomic E-state index is 0.0911. The molecule has 5 N–H and O–H groups in total. The summed E-state index contributed by atoms with van der Waals surface area (Å²) in [5.74, 6) is 0. The van der Waals surface area contributed by atoms with Crippen LogP contribution in [0.4, 0.5) is 0 Å². The molecule has 0 aromatic carbocycles. The topological polar surface area (TPSA) is 76.5 Å². The lowest BCUT2D eigenvalue weighted by Crippen LogP contribution is -2.45. The Labute approximate surface area is 54.0 Å².